The number of halogens is 2. The molecule has 0 radical (unpaired) electrons. The van der Waals surface area contributed by atoms with Gasteiger partial charge in [0.1, 0.15) is 0 Å². The van der Waals surface area contributed by atoms with Crippen LogP contribution in [0.1, 0.15) is 30.4 Å². The largest absolute Gasteiger partial charge is 0.352 e. The Bertz CT molecular complexity index is 1480. The number of nitrogens with one attached hydrogen (secondary N) is 1. The molecule has 1 heterocycles. The van der Waals surface area contributed by atoms with Gasteiger partial charge < -0.3 is 5.32 Å². The van der Waals surface area contributed by atoms with Gasteiger partial charge in [-0.25, -0.2) is 4.79 Å². The number of fused-ring (bicyclic) bond motifs is 1. The molecule has 0 saturated heterocycles. The van der Waals surface area contributed by atoms with Crippen LogP contribution in [0.5, 0.6) is 0 Å². The summed E-state index contributed by atoms with van der Waals surface area (Å²) >= 11 is 12.4. The Morgan fingerprint density at radius 2 is 1.40 bits per heavy atom. The molecule has 0 aliphatic carbocycles. The van der Waals surface area contributed by atoms with Crippen molar-refractivity contribution in [1.82, 2.24) is 14.5 Å². The lowest BCUT2D eigenvalue weighted by Crippen LogP contribution is -2.40. The standard InChI is InChI=1S/C27H25Cl2N3O3/c28-22-12-4-1-9-19(22)17-30-25(33)15-7-8-16-31-26(34)21-11-3-6-14-24(21)32(27(31)35)18-20-10-2-5-13-23(20)29/h1-6,9-14H,7-8,15-18H2,(H,30,33). The van der Waals surface area contributed by atoms with Crippen molar-refractivity contribution in [3.63, 3.8) is 0 Å². The van der Waals surface area contributed by atoms with Gasteiger partial charge in [0.25, 0.3) is 5.56 Å². The Morgan fingerprint density at radius 3 is 2.11 bits per heavy atom. The summed E-state index contributed by atoms with van der Waals surface area (Å²) in [4.78, 5) is 38.6. The lowest BCUT2D eigenvalue weighted by atomic mass is 10.2. The number of rotatable bonds is 9. The number of aromatic nitrogens is 2. The Hall–Kier alpha value is -3.35. The molecule has 0 aliphatic heterocycles. The molecule has 0 unspecified atom stereocenters. The normalized spacial score (nSPS) is 11.0. The number of hydrogen-bond donors (Lipinski definition) is 1. The lowest BCUT2D eigenvalue weighted by Gasteiger charge is -2.15. The third-order valence-corrected chi connectivity index (χ3v) is 6.63. The fourth-order valence-electron chi connectivity index (χ4n) is 4.00. The van der Waals surface area contributed by atoms with E-state index < -0.39 is 5.69 Å². The third-order valence-electron chi connectivity index (χ3n) is 5.89. The molecule has 0 spiro atoms. The van der Waals surface area contributed by atoms with E-state index in [9.17, 15) is 14.4 Å². The van der Waals surface area contributed by atoms with Gasteiger partial charge in [-0.15, -0.1) is 0 Å². The van der Waals surface area contributed by atoms with Gasteiger partial charge in [0, 0.05) is 29.6 Å². The zero-order valence-electron chi connectivity index (χ0n) is 19.0. The van der Waals surface area contributed by atoms with Gasteiger partial charge in [0.2, 0.25) is 5.91 Å². The van der Waals surface area contributed by atoms with Gasteiger partial charge in [-0.2, -0.15) is 0 Å². The maximum absolute atomic E-state index is 13.3. The first-order chi connectivity index (χ1) is 17.0. The number of unbranched alkanes of at least 4 members (excludes halogenated alkanes) is 1. The summed E-state index contributed by atoms with van der Waals surface area (Å²) in [6.45, 7) is 0.835. The van der Waals surface area contributed by atoms with Crippen LogP contribution in [0.2, 0.25) is 10.0 Å². The van der Waals surface area contributed by atoms with Crippen LogP contribution < -0.4 is 16.6 Å². The Morgan fingerprint density at radius 1 is 0.771 bits per heavy atom. The second-order valence-electron chi connectivity index (χ2n) is 8.26. The number of nitrogens with zero attached hydrogens (tertiary/aromatic N) is 2. The number of benzene rings is 3. The topological polar surface area (TPSA) is 73.1 Å². The smallest absolute Gasteiger partial charge is 0.331 e. The summed E-state index contributed by atoms with van der Waals surface area (Å²) in [6, 6.07) is 21.7. The van der Waals surface area contributed by atoms with Crippen molar-refractivity contribution in [1.29, 1.82) is 0 Å². The van der Waals surface area contributed by atoms with Crippen LogP contribution in [0.3, 0.4) is 0 Å². The molecule has 0 aliphatic rings. The highest BCUT2D eigenvalue weighted by Crippen LogP contribution is 2.18. The Kier molecular flexibility index (Phi) is 8.06. The van der Waals surface area contributed by atoms with Gasteiger partial charge in [0.05, 0.1) is 17.4 Å². The van der Waals surface area contributed by atoms with Crippen molar-refractivity contribution in [3.8, 4) is 0 Å². The maximum atomic E-state index is 13.3. The van der Waals surface area contributed by atoms with Gasteiger partial charge >= 0.3 is 5.69 Å². The van der Waals surface area contributed by atoms with Gasteiger partial charge in [-0.05, 0) is 48.2 Å². The summed E-state index contributed by atoms with van der Waals surface area (Å²) < 4.78 is 2.83. The molecule has 0 fully saturated rings. The van der Waals surface area contributed by atoms with Gasteiger partial charge in [-0.1, -0.05) is 71.7 Å². The first kappa shape index (κ1) is 24.8. The van der Waals surface area contributed by atoms with E-state index in [1.807, 2.05) is 36.4 Å². The van der Waals surface area contributed by atoms with Crippen molar-refractivity contribution in [3.05, 3.63) is 115 Å². The fourth-order valence-corrected chi connectivity index (χ4v) is 4.40. The highest BCUT2D eigenvalue weighted by Gasteiger charge is 2.14. The summed E-state index contributed by atoms with van der Waals surface area (Å²) in [5.41, 5.74) is 1.49. The van der Waals surface area contributed by atoms with E-state index in [0.29, 0.717) is 46.8 Å². The third kappa shape index (κ3) is 5.84. The van der Waals surface area contributed by atoms with Crippen LogP contribution in [-0.2, 0) is 24.4 Å². The Balaban J connectivity index is 1.46. The molecular formula is C27H25Cl2N3O3. The molecule has 4 aromatic rings. The van der Waals surface area contributed by atoms with Crippen molar-refractivity contribution in [2.24, 2.45) is 0 Å². The SMILES string of the molecule is O=C(CCCCn1c(=O)c2ccccc2n(Cc2ccccc2Cl)c1=O)NCc1ccccc1Cl. The predicted octanol–water partition coefficient (Wildman–Crippen LogP) is 5.01. The molecule has 0 atom stereocenters. The first-order valence-corrected chi connectivity index (χ1v) is 12.2. The number of amides is 1. The number of para-hydroxylation sites is 1. The van der Waals surface area contributed by atoms with E-state index in [-0.39, 0.29) is 24.6 Å². The molecule has 1 aromatic heterocycles. The minimum atomic E-state index is -0.392. The van der Waals surface area contributed by atoms with E-state index in [1.54, 1.807) is 41.0 Å². The van der Waals surface area contributed by atoms with E-state index in [0.717, 1.165) is 11.1 Å². The monoisotopic (exact) mass is 509 g/mol. The number of hydrogen-bond acceptors (Lipinski definition) is 3. The van der Waals surface area contributed by atoms with Crippen molar-refractivity contribution in [2.45, 2.75) is 38.9 Å². The molecule has 1 amide bonds. The van der Waals surface area contributed by atoms with Gasteiger partial charge in [-0.3, -0.25) is 18.7 Å². The zero-order valence-corrected chi connectivity index (χ0v) is 20.6. The summed E-state index contributed by atoms with van der Waals surface area (Å²) in [5.74, 6) is -0.105. The molecule has 4 rings (SSSR count). The average molecular weight is 510 g/mol. The van der Waals surface area contributed by atoms with E-state index in [2.05, 4.69) is 5.32 Å². The molecule has 6 nitrogen and oxygen atoms in total. The van der Waals surface area contributed by atoms with Crippen LogP contribution in [-0.4, -0.2) is 15.0 Å². The van der Waals surface area contributed by atoms with Crippen LogP contribution in [0.25, 0.3) is 10.9 Å². The van der Waals surface area contributed by atoms with Crippen LogP contribution in [0.15, 0.2) is 82.4 Å². The molecule has 8 heteroatoms. The average Bonchev–Trinajstić information content (AvgIpc) is 2.86. The highest BCUT2D eigenvalue weighted by atomic mass is 35.5. The van der Waals surface area contributed by atoms with E-state index in [1.165, 1.54) is 4.57 Å². The highest BCUT2D eigenvalue weighted by molar-refractivity contribution is 6.31. The van der Waals surface area contributed by atoms with Crippen LogP contribution in [0.4, 0.5) is 0 Å². The van der Waals surface area contributed by atoms with Crippen LogP contribution in [0, 0.1) is 0 Å². The molecule has 3 aromatic carbocycles. The second kappa shape index (κ2) is 11.4. The van der Waals surface area contributed by atoms with Crippen LogP contribution >= 0.6 is 23.2 Å². The number of carbonyl (C=O) groups excluding carboxylic acids is 1. The minimum Gasteiger partial charge on any atom is -0.352 e. The summed E-state index contributed by atoms with van der Waals surface area (Å²) in [5, 5.41) is 4.49. The number of carbonyl (C=O) groups is 1. The molecule has 0 bridgehead atoms. The van der Waals surface area contributed by atoms with Crippen molar-refractivity contribution >= 4 is 40.0 Å². The fraction of sp³-hybridized carbons (Fsp3) is 0.222. The maximum Gasteiger partial charge on any atom is 0.331 e. The van der Waals surface area contributed by atoms with E-state index >= 15 is 0 Å². The molecule has 180 valence electrons. The summed E-state index contributed by atoms with van der Waals surface area (Å²) in [6.07, 6.45) is 1.34. The molecular weight excluding hydrogens is 485 g/mol. The van der Waals surface area contributed by atoms with E-state index in [4.69, 9.17) is 23.2 Å². The van der Waals surface area contributed by atoms with Crippen molar-refractivity contribution in [2.75, 3.05) is 0 Å². The lowest BCUT2D eigenvalue weighted by molar-refractivity contribution is -0.121. The van der Waals surface area contributed by atoms with Gasteiger partial charge in [0.15, 0.2) is 0 Å². The molecule has 0 saturated carbocycles. The molecule has 35 heavy (non-hydrogen) atoms. The zero-order chi connectivity index (χ0) is 24.8. The predicted molar refractivity (Wildman–Crippen MR) is 140 cm³/mol. The quantitative estimate of drug-likeness (QED) is 0.322. The van der Waals surface area contributed by atoms with Crippen molar-refractivity contribution < 1.29 is 4.79 Å². The second-order valence-corrected chi connectivity index (χ2v) is 9.07. The Labute approximate surface area is 212 Å². The minimum absolute atomic E-state index is 0.105. The molecule has 1 N–H and O–H groups in total. The first-order valence-electron chi connectivity index (χ1n) is 11.4. The summed E-state index contributed by atoms with van der Waals surface area (Å²) in [7, 11) is 0.